The Bertz CT molecular complexity index is 1320. The lowest BCUT2D eigenvalue weighted by molar-refractivity contribution is -0.113. The smallest absolute Gasteiger partial charge is 0.290 e. The molecule has 0 saturated heterocycles. The highest BCUT2D eigenvalue weighted by atomic mass is 32.2. The Labute approximate surface area is 181 Å². The minimum atomic E-state index is -0.402. The van der Waals surface area contributed by atoms with Gasteiger partial charge in [0.15, 0.2) is 0 Å². The molecular weight excluding hydrogens is 417 g/mol. The lowest BCUT2D eigenvalue weighted by Crippen LogP contribution is -2.18. The zero-order valence-corrected chi connectivity index (χ0v) is 18.0. The van der Waals surface area contributed by atoms with Crippen molar-refractivity contribution in [1.82, 2.24) is 19.8 Å². The molecule has 2 aromatic heterocycles. The van der Waals surface area contributed by atoms with Gasteiger partial charge in [0.25, 0.3) is 5.56 Å². The summed E-state index contributed by atoms with van der Waals surface area (Å²) in [5, 5.41) is 14.2. The number of carbonyl (C=O) groups excluding carboxylic acids is 1. The molecule has 2 N–H and O–H groups in total. The van der Waals surface area contributed by atoms with Crippen molar-refractivity contribution in [3.63, 3.8) is 0 Å². The van der Waals surface area contributed by atoms with Crippen LogP contribution in [0.25, 0.3) is 16.8 Å². The Kier molecular flexibility index (Phi) is 5.60. The van der Waals surface area contributed by atoms with Gasteiger partial charge >= 0.3 is 0 Å². The van der Waals surface area contributed by atoms with Crippen molar-refractivity contribution < 1.29 is 9.18 Å². The maximum absolute atomic E-state index is 13.2. The number of carbonyl (C=O) groups is 1. The van der Waals surface area contributed by atoms with E-state index in [0.29, 0.717) is 21.9 Å². The molecule has 4 rings (SSSR count). The van der Waals surface area contributed by atoms with E-state index >= 15 is 0 Å². The molecule has 31 heavy (non-hydrogen) atoms. The van der Waals surface area contributed by atoms with Crippen LogP contribution in [-0.4, -0.2) is 31.5 Å². The van der Waals surface area contributed by atoms with E-state index in [1.54, 1.807) is 18.2 Å². The topological polar surface area (TPSA) is 92.1 Å². The molecule has 7 nitrogen and oxygen atoms in total. The number of aromatic amines is 1. The summed E-state index contributed by atoms with van der Waals surface area (Å²) in [6.45, 7) is 5.92. The summed E-state index contributed by atoms with van der Waals surface area (Å²) in [5.41, 5.74) is 5.00. The molecule has 0 bridgehead atoms. The molecule has 0 saturated carbocycles. The highest BCUT2D eigenvalue weighted by Gasteiger charge is 2.15. The van der Waals surface area contributed by atoms with Crippen LogP contribution in [0, 0.1) is 26.6 Å². The van der Waals surface area contributed by atoms with Crippen molar-refractivity contribution in [3.8, 4) is 11.3 Å². The van der Waals surface area contributed by atoms with Crippen molar-refractivity contribution in [2.75, 3.05) is 11.1 Å². The third-order valence-electron chi connectivity index (χ3n) is 4.79. The molecule has 0 spiro atoms. The number of aromatic nitrogens is 4. The van der Waals surface area contributed by atoms with Gasteiger partial charge in [-0.3, -0.25) is 9.59 Å². The number of H-pyrrole nitrogens is 1. The SMILES string of the molecule is Cc1cc(C)c(NC(=O)CSc2n[nH]c(=O)c3cc(-c4ccc(F)cc4)nn23)c(C)c1. The van der Waals surface area contributed by atoms with Crippen LogP contribution < -0.4 is 10.9 Å². The summed E-state index contributed by atoms with van der Waals surface area (Å²) >= 11 is 1.16. The predicted molar refractivity (Wildman–Crippen MR) is 119 cm³/mol. The van der Waals surface area contributed by atoms with Crippen molar-refractivity contribution in [2.24, 2.45) is 0 Å². The first-order chi connectivity index (χ1) is 14.8. The lowest BCUT2D eigenvalue weighted by Gasteiger charge is -2.12. The van der Waals surface area contributed by atoms with Crippen LogP contribution in [-0.2, 0) is 4.79 Å². The van der Waals surface area contributed by atoms with Crippen molar-refractivity contribution in [2.45, 2.75) is 25.9 Å². The van der Waals surface area contributed by atoms with Crippen LogP contribution in [0.2, 0.25) is 0 Å². The second-order valence-electron chi connectivity index (χ2n) is 7.28. The minimum absolute atomic E-state index is 0.0899. The van der Waals surface area contributed by atoms with E-state index in [-0.39, 0.29) is 17.5 Å². The molecule has 0 radical (unpaired) electrons. The molecule has 0 fully saturated rings. The molecule has 4 aromatic rings. The zero-order valence-electron chi connectivity index (χ0n) is 17.2. The predicted octanol–water partition coefficient (Wildman–Crippen LogP) is 3.88. The van der Waals surface area contributed by atoms with Crippen LogP contribution >= 0.6 is 11.8 Å². The van der Waals surface area contributed by atoms with Crippen molar-refractivity contribution >= 4 is 28.9 Å². The second-order valence-corrected chi connectivity index (χ2v) is 8.22. The van der Waals surface area contributed by atoms with E-state index in [4.69, 9.17) is 0 Å². The molecule has 1 amide bonds. The van der Waals surface area contributed by atoms with E-state index in [2.05, 4.69) is 20.6 Å². The Morgan fingerprint density at radius 1 is 1.13 bits per heavy atom. The average Bonchev–Trinajstić information content (AvgIpc) is 3.17. The highest BCUT2D eigenvalue weighted by molar-refractivity contribution is 7.99. The van der Waals surface area contributed by atoms with Crippen LogP contribution in [0.15, 0.2) is 52.4 Å². The van der Waals surface area contributed by atoms with Gasteiger partial charge in [-0.2, -0.15) is 5.10 Å². The molecule has 0 aliphatic carbocycles. The van der Waals surface area contributed by atoms with Crippen LogP contribution in [0.5, 0.6) is 0 Å². The molecule has 2 heterocycles. The minimum Gasteiger partial charge on any atom is -0.325 e. The molecule has 0 atom stereocenters. The third kappa shape index (κ3) is 4.36. The van der Waals surface area contributed by atoms with Crippen LogP contribution in [0.3, 0.4) is 0 Å². The molecule has 2 aromatic carbocycles. The number of nitrogens with zero attached hydrogens (tertiary/aromatic N) is 3. The number of hydrogen-bond acceptors (Lipinski definition) is 5. The largest absolute Gasteiger partial charge is 0.325 e. The Balaban J connectivity index is 1.56. The fourth-order valence-corrected chi connectivity index (χ4v) is 4.13. The number of hydrogen-bond donors (Lipinski definition) is 2. The third-order valence-corrected chi connectivity index (χ3v) is 5.72. The molecular formula is C22H20FN5O2S. The Hall–Kier alpha value is -3.46. The normalized spacial score (nSPS) is 11.1. The van der Waals surface area contributed by atoms with Crippen LogP contribution in [0.4, 0.5) is 10.1 Å². The molecule has 158 valence electrons. The molecule has 0 unspecified atom stereocenters. The lowest BCUT2D eigenvalue weighted by atomic mass is 10.1. The number of amides is 1. The molecule has 9 heteroatoms. The fraction of sp³-hybridized carbons (Fsp3) is 0.182. The summed E-state index contributed by atoms with van der Waals surface area (Å²) in [6, 6.07) is 11.5. The number of aryl methyl sites for hydroxylation is 3. The van der Waals surface area contributed by atoms with Gasteiger partial charge in [-0.15, -0.1) is 5.10 Å². The first kappa shape index (κ1) is 20.8. The summed E-state index contributed by atoms with van der Waals surface area (Å²) in [6.07, 6.45) is 0. The van der Waals surface area contributed by atoms with E-state index in [0.717, 1.165) is 34.1 Å². The van der Waals surface area contributed by atoms with E-state index < -0.39 is 5.56 Å². The summed E-state index contributed by atoms with van der Waals surface area (Å²) in [5.74, 6) is -0.451. The second kappa shape index (κ2) is 8.35. The first-order valence-electron chi connectivity index (χ1n) is 9.57. The quantitative estimate of drug-likeness (QED) is 0.462. The van der Waals surface area contributed by atoms with Gasteiger partial charge in [-0.25, -0.2) is 14.0 Å². The highest BCUT2D eigenvalue weighted by Crippen LogP contribution is 2.24. The van der Waals surface area contributed by atoms with Gasteiger partial charge in [0, 0.05) is 11.3 Å². The summed E-state index contributed by atoms with van der Waals surface area (Å²) in [4.78, 5) is 24.7. The average molecular weight is 438 g/mol. The maximum atomic E-state index is 13.2. The van der Waals surface area contributed by atoms with E-state index in [1.807, 2.05) is 32.9 Å². The Morgan fingerprint density at radius 3 is 2.48 bits per heavy atom. The number of rotatable bonds is 5. The number of benzene rings is 2. The zero-order chi connectivity index (χ0) is 22.1. The number of anilines is 1. The van der Waals surface area contributed by atoms with Gasteiger partial charge < -0.3 is 5.32 Å². The number of nitrogens with one attached hydrogen (secondary N) is 2. The number of thioether (sulfide) groups is 1. The van der Waals surface area contributed by atoms with E-state index in [1.165, 1.54) is 16.6 Å². The summed E-state index contributed by atoms with van der Waals surface area (Å²) in [7, 11) is 0. The Morgan fingerprint density at radius 2 is 1.81 bits per heavy atom. The standard InChI is InChI=1S/C22H20FN5O2S/c1-12-8-13(2)20(14(3)9-12)24-19(29)11-31-22-26-25-21(30)18-10-17(27-28(18)22)15-4-6-16(23)7-5-15/h4-10H,11H2,1-3H3,(H,24,29)(H,25,30). The first-order valence-corrected chi connectivity index (χ1v) is 10.6. The van der Waals surface area contributed by atoms with Gasteiger partial charge in [-0.05, 0) is 62.2 Å². The van der Waals surface area contributed by atoms with Crippen molar-refractivity contribution in [3.05, 3.63) is 75.3 Å². The summed E-state index contributed by atoms with van der Waals surface area (Å²) < 4.78 is 14.6. The van der Waals surface area contributed by atoms with E-state index in [9.17, 15) is 14.0 Å². The number of halogens is 1. The van der Waals surface area contributed by atoms with Crippen molar-refractivity contribution in [1.29, 1.82) is 0 Å². The number of fused-ring (bicyclic) bond motifs is 1. The van der Waals surface area contributed by atoms with Crippen LogP contribution in [0.1, 0.15) is 16.7 Å². The van der Waals surface area contributed by atoms with Gasteiger partial charge in [-0.1, -0.05) is 29.5 Å². The fourth-order valence-electron chi connectivity index (χ4n) is 3.43. The van der Waals surface area contributed by atoms with Gasteiger partial charge in [0.1, 0.15) is 11.3 Å². The molecule has 0 aliphatic rings. The monoisotopic (exact) mass is 437 g/mol. The maximum Gasteiger partial charge on any atom is 0.290 e. The van der Waals surface area contributed by atoms with Gasteiger partial charge in [0.05, 0.1) is 11.4 Å². The van der Waals surface area contributed by atoms with Gasteiger partial charge in [0.2, 0.25) is 11.1 Å². The molecule has 0 aliphatic heterocycles.